The Bertz CT molecular complexity index is 623. The lowest BCUT2D eigenvalue weighted by atomic mass is 10.6. The van der Waals surface area contributed by atoms with Crippen molar-refractivity contribution < 1.29 is 19.8 Å². The van der Waals surface area contributed by atoms with Gasteiger partial charge in [-0.25, -0.2) is 10.2 Å². The van der Waals surface area contributed by atoms with Crippen molar-refractivity contribution in [3.63, 3.8) is 0 Å². The van der Waals surface area contributed by atoms with E-state index in [4.69, 9.17) is 22.4 Å². The van der Waals surface area contributed by atoms with E-state index in [1.807, 2.05) is 0 Å². The molecular weight excluding hydrogens is 312 g/mol. The average Bonchev–Trinajstić information content (AvgIpc) is 2.90. The van der Waals surface area contributed by atoms with E-state index in [1.54, 1.807) is 0 Å². The van der Waals surface area contributed by atoms with Gasteiger partial charge in [-0.15, -0.1) is 14.8 Å². The summed E-state index contributed by atoms with van der Waals surface area (Å²) in [7, 11) is 0. The molecule has 0 saturated heterocycles. The van der Waals surface area contributed by atoms with Gasteiger partial charge in [-0.1, -0.05) is 5.10 Å². The molecule has 4 N–H and O–H groups in total. The highest BCUT2D eigenvalue weighted by Crippen LogP contribution is 2.11. The number of aromatic nitrogens is 4. The third-order valence-corrected chi connectivity index (χ3v) is 3.14. The quantitative estimate of drug-likeness (QED) is 0.449. The molecule has 0 fully saturated rings. The van der Waals surface area contributed by atoms with E-state index >= 15 is 0 Å². The Morgan fingerprint density at radius 2 is 2.00 bits per heavy atom. The second-order valence-corrected chi connectivity index (χ2v) is 4.60. The highest BCUT2D eigenvalue weighted by molar-refractivity contribution is 8.12. The first-order valence-corrected chi connectivity index (χ1v) is 6.16. The van der Waals surface area contributed by atoms with E-state index in [2.05, 4.69) is 26.5 Å². The number of nitrogens with zero attached hydrogens (tertiary/aromatic N) is 6. The largest absolute Gasteiger partial charge is 0.480 e. The van der Waals surface area contributed by atoms with Crippen LogP contribution in [0.25, 0.3) is 0 Å². The molecule has 108 valence electrons. The molecule has 2 heterocycles. The SMILES string of the molecule is O=C(O)CN1NNN=C1Sn1nnc(=S)n1CC(=O)O. The van der Waals surface area contributed by atoms with Gasteiger partial charge in [0.15, 0.2) is 0 Å². The molecule has 1 aromatic rings. The number of hydrogen-bond acceptors (Lipinski definition) is 10. The summed E-state index contributed by atoms with van der Waals surface area (Å²) < 4.78 is 2.23. The lowest BCUT2D eigenvalue weighted by molar-refractivity contribution is -0.138. The predicted molar refractivity (Wildman–Crippen MR) is 67.5 cm³/mol. The van der Waals surface area contributed by atoms with Gasteiger partial charge in [0, 0.05) is 0 Å². The van der Waals surface area contributed by atoms with E-state index in [0.29, 0.717) is 0 Å². The predicted octanol–water partition coefficient (Wildman–Crippen LogP) is -1.93. The number of nitrogens with one attached hydrogen (secondary N) is 2. The maximum atomic E-state index is 10.7. The molecule has 2 rings (SSSR count). The number of hydrazine groups is 2. The van der Waals surface area contributed by atoms with Crippen LogP contribution in [0.4, 0.5) is 0 Å². The number of hydrazone groups is 1. The van der Waals surface area contributed by atoms with Crippen molar-refractivity contribution >= 4 is 41.3 Å². The van der Waals surface area contributed by atoms with Crippen LogP contribution in [0.3, 0.4) is 0 Å². The molecule has 0 bridgehead atoms. The number of hydrogen-bond donors (Lipinski definition) is 4. The normalized spacial score (nSPS) is 14.0. The van der Waals surface area contributed by atoms with Crippen LogP contribution in [-0.2, 0) is 16.1 Å². The second-order valence-electron chi connectivity index (χ2n) is 3.37. The zero-order valence-corrected chi connectivity index (χ0v) is 11.3. The van der Waals surface area contributed by atoms with Crippen LogP contribution in [-0.4, -0.2) is 58.1 Å². The molecule has 0 atom stereocenters. The zero-order valence-electron chi connectivity index (χ0n) is 9.62. The van der Waals surface area contributed by atoms with Gasteiger partial charge in [0.25, 0.3) is 0 Å². The smallest absolute Gasteiger partial charge is 0.325 e. The topological polar surface area (TPSA) is 150 Å². The molecule has 14 heteroatoms. The lowest BCUT2D eigenvalue weighted by Crippen LogP contribution is -2.43. The van der Waals surface area contributed by atoms with Crippen molar-refractivity contribution in [1.29, 1.82) is 0 Å². The van der Waals surface area contributed by atoms with Crippen molar-refractivity contribution in [2.24, 2.45) is 5.10 Å². The number of rotatable bonds is 5. The van der Waals surface area contributed by atoms with Crippen LogP contribution in [0.5, 0.6) is 0 Å². The molecule has 0 radical (unpaired) electrons. The minimum Gasteiger partial charge on any atom is -0.480 e. The molecule has 0 amide bonds. The Labute approximate surface area is 120 Å². The summed E-state index contributed by atoms with van der Waals surface area (Å²) in [5.41, 5.74) is 4.87. The fourth-order valence-corrected chi connectivity index (χ4v) is 2.18. The average molecular weight is 320 g/mol. The molecule has 0 unspecified atom stereocenters. The van der Waals surface area contributed by atoms with Gasteiger partial charge in [0.1, 0.15) is 13.1 Å². The first-order chi connectivity index (χ1) is 9.47. The molecule has 1 aromatic heterocycles. The number of tetrazole rings is 1. The summed E-state index contributed by atoms with van der Waals surface area (Å²) in [6.07, 6.45) is 0. The summed E-state index contributed by atoms with van der Waals surface area (Å²) in [6, 6.07) is 0. The van der Waals surface area contributed by atoms with Crippen LogP contribution >= 0.6 is 24.2 Å². The fourth-order valence-electron chi connectivity index (χ4n) is 1.20. The van der Waals surface area contributed by atoms with E-state index in [9.17, 15) is 9.59 Å². The van der Waals surface area contributed by atoms with E-state index in [-0.39, 0.29) is 16.5 Å². The Morgan fingerprint density at radius 3 is 2.65 bits per heavy atom. The molecule has 1 aliphatic heterocycles. The molecular formula is C6H8N8O4S2. The van der Waals surface area contributed by atoms with Crippen LogP contribution in [0.2, 0.25) is 0 Å². The fraction of sp³-hybridized carbons (Fsp3) is 0.333. The van der Waals surface area contributed by atoms with Crippen molar-refractivity contribution in [2.45, 2.75) is 6.54 Å². The van der Waals surface area contributed by atoms with Crippen molar-refractivity contribution in [3.8, 4) is 0 Å². The first kappa shape index (κ1) is 14.2. The van der Waals surface area contributed by atoms with Gasteiger partial charge in [-0.2, -0.15) is 0 Å². The summed E-state index contributed by atoms with van der Waals surface area (Å²) in [5.74, 6) is -2.19. The molecule has 0 saturated carbocycles. The van der Waals surface area contributed by atoms with Gasteiger partial charge < -0.3 is 10.2 Å². The van der Waals surface area contributed by atoms with E-state index in [1.165, 1.54) is 5.01 Å². The minimum atomic E-state index is -1.11. The minimum absolute atomic E-state index is 0.0100. The number of carboxylic acids is 2. The monoisotopic (exact) mass is 320 g/mol. The van der Waals surface area contributed by atoms with Gasteiger partial charge in [0.2, 0.25) is 9.94 Å². The Hall–Kier alpha value is -2.19. The second kappa shape index (κ2) is 5.85. The van der Waals surface area contributed by atoms with Crippen molar-refractivity contribution in [1.82, 2.24) is 35.3 Å². The Balaban J connectivity index is 2.16. The van der Waals surface area contributed by atoms with Crippen molar-refractivity contribution in [3.05, 3.63) is 4.77 Å². The number of carbonyl (C=O) groups is 2. The number of carboxylic acid groups (broad SMARTS) is 2. The van der Waals surface area contributed by atoms with Gasteiger partial charge in [0.05, 0.1) is 11.9 Å². The van der Waals surface area contributed by atoms with Gasteiger partial charge in [-0.05, 0) is 17.4 Å². The number of amidine groups is 1. The summed E-state index contributed by atoms with van der Waals surface area (Å²) in [4.78, 5) is 21.4. The molecule has 20 heavy (non-hydrogen) atoms. The third kappa shape index (κ3) is 3.22. The van der Waals surface area contributed by atoms with Crippen molar-refractivity contribution in [2.75, 3.05) is 6.54 Å². The maximum Gasteiger partial charge on any atom is 0.325 e. The molecule has 0 aliphatic carbocycles. The zero-order chi connectivity index (χ0) is 14.7. The third-order valence-electron chi connectivity index (χ3n) is 1.94. The standard InChI is InChI=1S/C6H8N8O4S2/c15-3(16)1-12-6(8-9-11-12)20-14-10-7-5(19)13(14)2-4(17)18/h9,11H,1-2H2,(H,15,16)(H,17,18). The summed E-state index contributed by atoms with van der Waals surface area (Å²) in [6.45, 7) is -0.779. The van der Waals surface area contributed by atoms with Crippen LogP contribution in [0.1, 0.15) is 0 Å². The van der Waals surface area contributed by atoms with Crippen LogP contribution in [0, 0.1) is 4.77 Å². The van der Waals surface area contributed by atoms with Gasteiger partial charge in [-0.3, -0.25) is 14.6 Å². The van der Waals surface area contributed by atoms with Crippen LogP contribution in [0.15, 0.2) is 5.10 Å². The maximum absolute atomic E-state index is 10.7. The highest BCUT2D eigenvalue weighted by Gasteiger charge is 2.23. The molecule has 0 spiro atoms. The summed E-state index contributed by atoms with van der Waals surface area (Å²) in [5, 5.41) is 29.9. The van der Waals surface area contributed by atoms with E-state index < -0.39 is 18.5 Å². The van der Waals surface area contributed by atoms with Gasteiger partial charge >= 0.3 is 11.9 Å². The summed E-state index contributed by atoms with van der Waals surface area (Å²) >= 11 is 5.70. The Morgan fingerprint density at radius 1 is 1.30 bits per heavy atom. The Kier molecular flexibility index (Phi) is 4.16. The molecule has 0 aromatic carbocycles. The molecule has 1 aliphatic rings. The highest BCUT2D eigenvalue weighted by atomic mass is 32.2. The van der Waals surface area contributed by atoms with Crippen LogP contribution < -0.4 is 11.1 Å². The van der Waals surface area contributed by atoms with E-state index in [0.717, 1.165) is 20.8 Å². The number of aliphatic carboxylic acids is 2. The molecule has 12 nitrogen and oxygen atoms in total. The first-order valence-electron chi connectivity index (χ1n) is 4.98. The lowest BCUT2D eigenvalue weighted by Gasteiger charge is -2.15.